The third kappa shape index (κ3) is 4.24. The second kappa shape index (κ2) is 7.47. The summed E-state index contributed by atoms with van der Waals surface area (Å²) in [6, 6.07) is 14.8. The zero-order valence-corrected chi connectivity index (χ0v) is 15.6. The molecule has 1 aromatic heterocycles. The fraction of sp³-hybridized carbons (Fsp3) is 0.105. The van der Waals surface area contributed by atoms with Crippen molar-refractivity contribution in [2.24, 2.45) is 0 Å². The molecule has 0 radical (unpaired) electrons. The van der Waals surface area contributed by atoms with Crippen LogP contribution in [-0.4, -0.2) is 31.3 Å². The number of nitrogens with one attached hydrogen (secondary N) is 2. The van der Waals surface area contributed by atoms with Crippen LogP contribution in [0.2, 0.25) is 0 Å². The van der Waals surface area contributed by atoms with Gasteiger partial charge in [0.1, 0.15) is 0 Å². The maximum atomic E-state index is 12.4. The molecule has 1 heterocycles. The summed E-state index contributed by atoms with van der Waals surface area (Å²) in [5.41, 5.74) is 3.51. The van der Waals surface area contributed by atoms with Crippen LogP contribution in [0, 0.1) is 13.8 Å². The summed E-state index contributed by atoms with van der Waals surface area (Å²) in [7, 11) is 0. The van der Waals surface area contributed by atoms with Crippen molar-refractivity contribution in [2.75, 3.05) is 10.6 Å². The molecule has 0 aliphatic heterocycles. The average Bonchev–Trinajstić information content (AvgIpc) is 3.07. The van der Waals surface area contributed by atoms with Crippen molar-refractivity contribution in [3.63, 3.8) is 0 Å². The topological polar surface area (TPSA) is 71.1 Å². The molecule has 3 aromatic rings. The molecule has 0 spiro atoms. The summed E-state index contributed by atoms with van der Waals surface area (Å²) in [6.45, 7) is 3.97. The van der Waals surface area contributed by atoms with Gasteiger partial charge in [0.2, 0.25) is 0 Å². The first-order valence-corrected chi connectivity index (χ1v) is 9.45. The second-order valence-corrected chi connectivity index (χ2v) is 7.78. The Hall–Kier alpha value is -2.69. The molecule has 2 amide bonds. The summed E-state index contributed by atoms with van der Waals surface area (Å²) in [5.74, 6) is -0.398. The van der Waals surface area contributed by atoms with Gasteiger partial charge in [-0.25, -0.2) is 0 Å². The molecule has 0 unspecified atom stereocenters. The van der Waals surface area contributed by atoms with Gasteiger partial charge in [-0.1, -0.05) is 0 Å². The number of hydrogen-bond donors (Lipinski definition) is 2. The summed E-state index contributed by atoms with van der Waals surface area (Å²) in [4.78, 5) is 28.7. The van der Waals surface area contributed by atoms with Gasteiger partial charge < -0.3 is 0 Å². The SMILES string of the molecule is Cc1ccc(NC(=O)c2cnc(NC(=O)c3ccccc3)[se]2)c(C)c1. The van der Waals surface area contributed by atoms with E-state index in [1.54, 1.807) is 24.3 Å². The molecule has 126 valence electrons. The first-order chi connectivity index (χ1) is 12.0. The number of amides is 2. The van der Waals surface area contributed by atoms with E-state index in [9.17, 15) is 9.59 Å². The quantitative estimate of drug-likeness (QED) is 0.663. The molecule has 0 fully saturated rings. The summed E-state index contributed by atoms with van der Waals surface area (Å²) >= 11 is -0.326. The van der Waals surface area contributed by atoms with Crippen LogP contribution in [0.5, 0.6) is 0 Å². The summed E-state index contributed by atoms with van der Waals surface area (Å²) < 4.78 is 1.11. The number of hydrogen-bond acceptors (Lipinski definition) is 3. The van der Waals surface area contributed by atoms with Crippen LogP contribution in [0.3, 0.4) is 0 Å². The van der Waals surface area contributed by atoms with Gasteiger partial charge in [-0.15, -0.1) is 0 Å². The Morgan fingerprint density at radius 3 is 2.44 bits per heavy atom. The van der Waals surface area contributed by atoms with E-state index in [0.29, 0.717) is 14.7 Å². The van der Waals surface area contributed by atoms with E-state index in [0.717, 1.165) is 16.8 Å². The van der Waals surface area contributed by atoms with Gasteiger partial charge in [-0.3, -0.25) is 0 Å². The molecule has 3 rings (SSSR count). The van der Waals surface area contributed by atoms with E-state index in [1.807, 2.05) is 38.1 Å². The van der Waals surface area contributed by atoms with Gasteiger partial charge in [-0.05, 0) is 0 Å². The minimum absolute atomic E-state index is 0.181. The van der Waals surface area contributed by atoms with Gasteiger partial charge >= 0.3 is 152 Å². The van der Waals surface area contributed by atoms with Crippen LogP contribution in [0.4, 0.5) is 10.4 Å². The number of aryl methyl sites for hydroxylation is 2. The van der Waals surface area contributed by atoms with E-state index in [4.69, 9.17) is 0 Å². The molecule has 2 N–H and O–H groups in total. The number of aromatic nitrogens is 1. The Kier molecular flexibility index (Phi) is 5.12. The van der Waals surface area contributed by atoms with E-state index >= 15 is 0 Å². The zero-order valence-electron chi connectivity index (χ0n) is 13.9. The predicted molar refractivity (Wildman–Crippen MR) is 99.4 cm³/mol. The van der Waals surface area contributed by atoms with E-state index in [1.165, 1.54) is 6.20 Å². The molecule has 0 aliphatic rings. The third-order valence-corrected chi connectivity index (χ3v) is 5.53. The van der Waals surface area contributed by atoms with E-state index in [2.05, 4.69) is 15.6 Å². The molecular formula is C19H17N3O2Se. The van der Waals surface area contributed by atoms with Crippen LogP contribution < -0.4 is 10.6 Å². The van der Waals surface area contributed by atoms with Crippen molar-refractivity contribution in [2.45, 2.75) is 13.8 Å². The van der Waals surface area contributed by atoms with E-state index in [-0.39, 0.29) is 26.3 Å². The van der Waals surface area contributed by atoms with Crippen molar-refractivity contribution in [3.8, 4) is 0 Å². The molecule has 5 nitrogen and oxygen atoms in total. The first kappa shape index (κ1) is 17.1. The minimum atomic E-state index is -0.326. The number of rotatable bonds is 4. The normalized spacial score (nSPS) is 10.3. The second-order valence-electron chi connectivity index (χ2n) is 5.62. The molecule has 0 atom stereocenters. The monoisotopic (exact) mass is 399 g/mol. The van der Waals surface area contributed by atoms with Crippen molar-refractivity contribution in [3.05, 3.63) is 75.9 Å². The fourth-order valence-electron chi connectivity index (χ4n) is 2.33. The van der Waals surface area contributed by atoms with Crippen molar-refractivity contribution >= 4 is 36.7 Å². The van der Waals surface area contributed by atoms with Gasteiger partial charge in [-0.2, -0.15) is 0 Å². The van der Waals surface area contributed by atoms with Gasteiger partial charge in [0.25, 0.3) is 0 Å². The van der Waals surface area contributed by atoms with Gasteiger partial charge in [0.15, 0.2) is 0 Å². The molecule has 0 aliphatic carbocycles. The number of benzene rings is 2. The van der Waals surface area contributed by atoms with Crippen LogP contribution in [0.1, 0.15) is 30.7 Å². The van der Waals surface area contributed by atoms with Gasteiger partial charge in [0.05, 0.1) is 0 Å². The van der Waals surface area contributed by atoms with Crippen LogP contribution in [0.15, 0.2) is 54.7 Å². The van der Waals surface area contributed by atoms with Crippen LogP contribution >= 0.6 is 0 Å². The predicted octanol–water partition coefficient (Wildman–Crippen LogP) is 3.26. The fourth-order valence-corrected chi connectivity index (χ4v) is 3.82. The standard InChI is InChI=1S/C19H17N3O2Se/c1-12-8-9-15(13(2)10-12)21-18(24)16-11-20-19(25-16)22-17(23)14-6-4-3-5-7-14/h3-11H,1-2H3,(H,21,24)(H,20,22,23). The molecular weight excluding hydrogens is 381 g/mol. The Morgan fingerprint density at radius 1 is 0.960 bits per heavy atom. The molecule has 0 saturated carbocycles. The Bertz CT molecular complexity index is 919. The van der Waals surface area contributed by atoms with Crippen molar-refractivity contribution in [1.29, 1.82) is 0 Å². The summed E-state index contributed by atoms with van der Waals surface area (Å²) in [6.07, 6.45) is 1.53. The Morgan fingerprint density at radius 2 is 1.72 bits per heavy atom. The molecule has 0 saturated heterocycles. The van der Waals surface area contributed by atoms with Crippen molar-refractivity contribution < 1.29 is 9.59 Å². The number of carbonyl (C=O) groups is 2. The number of nitrogens with zero attached hydrogens (tertiary/aromatic N) is 1. The van der Waals surface area contributed by atoms with E-state index < -0.39 is 0 Å². The zero-order chi connectivity index (χ0) is 17.8. The molecule has 6 heteroatoms. The Balaban J connectivity index is 1.68. The maximum absolute atomic E-state index is 12.4. The molecule has 0 bridgehead atoms. The van der Waals surface area contributed by atoms with Gasteiger partial charge in [0, 0.05) is 0 Å². The van der Waals surface area contributed by atoms with Crippen LogP contribution in [0.25, 0.3) is 0 Å². The third-order valence-electron chi connectivity index (χ3n) is 3.62. The number of anilines is 2. The van der Waals surface area contributed by atoms with Crippen LogP contribution in [-0.2, 0) is 0 Å². The number of carbonyl (C=O) groups excluding carboxylic acids is 2. The Labute approximate surface area is 151 Å². The van der Waals surface area contributed by atoms with Crippen molar-refractivity contribution in [1.82, 2.24) is 4.98 Å². The molecule has 25 heavy (non-hydrogen) atoms. The average molecular weight is 398 g/mol. The summed E-state index contributed by atoms with van der Waals surface area (Å²) in [5, 5.41) is 5.68. The molecule has 2 aromatic carbocycles. The first-order valence-electron chi connectivity index (χ1n) is 7.74.